The van der Waals surface area contributed by atoms with E-state index in [0.29, 0.717) is 38.1 Å². The summed E-state index contributed by atoms with van der Waals surface area (Å²) in [5, 5.41) is 3.00. The first-order valence-corrected chi connectivity index (χ1v) is 8.56. The molecule has 0 aliphatic heterocycles. The molecule has 1 aromatic carbocycles. The van der Waals surface area contributed by atoms with Crippen molar-refractivity contribution in [2.45, 2.75) is 39.2 Å². The van der Waals surface area contributed by atoms with Gasteiger partial charge in [0.2, 0.25) is 5.91 Å². The SMILES string of the molecule is COc1ccccc1CNC(=O)C1CCc2nc(C)[nH]c(=O)c2CC1. The van der Waals surface area contributed by atoms with Crippen molar-refractivity contribution in [1.82, 2.24) is 15.3 Å². The molecule has 1 aliphatic rings. The van der Waals surface area contributed by atoms with Gasteiger partial charge in [-0.2, -0.15) is 0 Å². The molecule has 1 heterocycles. The fraction of sp³-hybridized carbons (Fsp3) is 0.421. The normalized spacial score (nSPS) is 16.6. The Morgan fingerprint density at radius 3 is 2.88 bits per heavy atom. The third-order valence-corrected chi connectivity index (χ3v) is 4.71. The van der Waals surface area contributed by atoms with Gasteiger partial charge in [-0.1, -0.05) is 18.2 Å². The number of hydrogen-bond donors (Lipinski definition) is 2. The molecular weight excluding hydrogens is 318 g/mol. The Hall–Kier alpha value is -2.63. The molecule has 0 fully saturated rings. The van der Waals surface area contributed by atoms with Crippen molar-refractivity contribution in [3.63, 3.8) is 0 Å². The van der Waals surface area contributed by atoms with Crippen LogP contribution in [0, 0.1) is 12.8 Å². The average molecular weight is 341 g/mol. The minimum atomic E-state index is -0.108. The molecule has 1 aromatic heterocycles. The lowest BCUT2D eigenvalue weighted by molar-refractivity contribution is -0.125. The van der Waals surface area contributed by atoms with Crippen LogP contribution in [-0.4, -0.2) is 23.0 Å². The van der Waals surface area contributed by atoms with Crippen molar-refractivity contribution >= 4 is 5.91 Å². The van der Waals surface area contributed by atoms with E-state index in [1.807, 2.05) is 24.3 Å². The predicted molar refractivity (Wildman–Crippen MR) is 94.6 cm³/mol. The summed E-state index contributed by atoms with van der Waals surface area (Å²) in [4.78, 5) is 31.8. The summed E-state index contributed by atoms with van der Waals surface area (Å²) >= 11 is 0. The second-order valence-corrected chi connectivity index (χ2v) is 6.38. The molecule has 1 atom stereocenters. The van der Waals surface area contributed by atoms with Gasteiger partial charge in [-0.15, -0.1) is 0 Å². The number of carbonyl (C=O) groups is 1. The average Bonchev–Trinajstić information content (AvgIpc) is 2.82. The number of rotatable bonds is 4. The molecule has 1 unspecified atom stereocenters. The standard InChI is InChI=1S/C19H23N3O3/c1-12-21-16-10-8-13(7-9-15(16)19(24)22-12)18(23)20-11-14-5-3-4-6-17(14)25-2/h3-6,13H,7-11H2,1-2H3,(H,20,23)(H,21,22,24). The monoisotopic (exact) mass is 341 g/mol. The summed E-state index contributed by atoms with van der Waals surface area (Å²) in [7, 11) is 1.62. The topological polar surface area (TPSA) is 84.1 Å². The van der Waals surface area contributed by atoms with Gasteiger partial charge in [-0.3, -0.25) is 9.59 Å². The number of nitrogens with zero attached hydrogens (tertiary/aromatic N) is 1. The number of aromatic nitrogens is 2. The Morgan fingerprint density at radius 1 is 1.32 bits per heavy atom. The van der Waals surface area contributed by atoms with Crippen molar-refractivity contribution in [3.05, 3.63) is 57.3 Å². The lowest BCUT2D eigenvalue weighted by atomic mass is 9.98. The molecule has 1 amide bonds. The van der Waals surface area contributed by atoms with Crippen LogP contribution >= 0.6 is 0 Å². The van der Waals surface area contributed by atoms with Gasteiger partial charge in [-0.25, -0.2) is 4.98 Å². The zero-order chi connectivity index (χ0) is 17.8. The van der Waals surface area contributed by atoms with Gasteiger partial charge in [0.25, 0.3) is 5.56 Å². The number of ether oxygens (including phenoxy) is 1. The maximum atomic E-state index is 12.6. The molecule has 6 heteroatoms. The van der Waals surface area contributed by atoms with Crippen LogP contribution < -0.4 is 15.6 Å². The van der Waals surface area contributed by atoms with Crippen molar-refractivity contribution < 1.29 is 9.53 Å². The van der Waals surface area contributed by atoms with Crippen LogP contribution in [-0.2, 0) is 24.2 Å². The van der Waals surface area contributed by atoms with E-state index < -0.39 is 0 Å². The number of benzene rings is 1. The molecule has 0 radical (unpaired) electrons. The van der Waals surface area contributed by atoms with E-state index in [-0.39, 0.29) is 17.4 Å². The molecular formula is C19H23N3O3. The van der Waals surface area contributed by atoms with Crippen LogP contribution in [0.1, 0.15) is 35.5 Å². The van der Waals surface area contributed by atoms with Crippen LogP contribution in [0.15, 0.2) is 29.1 Å². The number of fused-ring (bicyclic) bond motifs is 1. The van der Waals surface area contributed by atoms with E-state index in [4.69, 9.17) is 4.74 Å². The number of carbonyl (C=O) groups excluding carboxylic acids is 1. The molecule has 132 valence electrons. The van der Waals surface area contributed by atoms with E-state index in [9.17, 15) is 9.59 Å². The zero-order valence-electron chi connectivity index (χ0n) is 14.6. The number of hydrogen-bond acceptors (Lipinski definition) is 4. The lowest BCUT2D eigenvalue weighted by Crippen LogP contribution is -2.30. The second-order valence-electron chi connectivity index (χ2n) is 6.38. The summed E-state index contributed by atoms with van der Waals surface area (Å²) in [6.07, 6.45) is 2.62. The summed E-state index contributed by atoms with van der Waals surface area (Å²) in [5.41, 5.74) is 2.44. The van der Waals surface area contributed by atoms with Crippen LogP contribution in [0.2, 0.25) is 0 Å². The van der Waals surface area contributed by atoms with E-state index in [2.05, 4.69) is 15.3 Å². The third kappa shape index (κ3) is 3.90. The molecule has 0 saturated carbocycles. The molecule has 3 rings (SSSR count). The largest absolute Gasteiger partial charge is 0.496 e. The number of H-pyrrole nitrogens is 1. The fourth-order valence-corrected chi connectivity index (χ4v) is 3.35. The Bertz CT molecular complexity index is 829. The fourth-order valence-electron chi connectivity index (χ4n) is 3.35. The smallest absolute Gasteiger partial charge is 0.254 e. The van der Waals surface area contributed by atoms with Gasteiger partial charge in [0.15, 0.2) is 0 Å². The molecule has 0 spiro atoms. The Kier molecular flexibility index (Phi) is 5.16. The van der Waals surface area contributed by atoms with Crippen LogP contribution in [0.4, 0.5) is 0 Å². The quantitative estimate of drug-likeness (QED) is 0.832. The van der Waals surface area contributed by atoms with Crippen molar-refractivity contribution in [3.8, 4) is 5.75 Å². The number of para-hydroxylation sites is 1. The van der Waals surface area contributed by atoms with Crippen molar-refractivity contribution in [2.24, 2.45) is 5.92 Å². The van der Waals surface area contributed by atoms with E-state index >= 15 is 0 Å². The van der Waals surface area contributed by atoms with E-state index in [1.165, 1.54) is 0 Å². The number of amides is 1. The number of methoxy groups -OCH3 is 1. The highest BCUT2D eigenvalue weighted by Gasteiger charge is 2.24. The zero-order valence-corrected chi connectivity index (χ0v) is 14.6. The molecule has 1 aliphatic carbocycles. The number of aromatic amines is 1. The Labute approximate surface area is 146 Å². The van der Waals surface area contributed by atoms with Gasteiger partial charge in [-0.05, 0) is 38.7 Å². The summed E-state index contributed by atoms with van der Waals surface area (Å²) < 4.78 is 5.31. The Balaban J connectivity index is 1.64. The maximum Gasteiger partial charge on any atom is 0.254 e. The molecule has 0 saturated heterocycles. The highest BCUT2D eigenvalue weighted by Crippen LogP contribution is 2.22. The summed E-state index contributed by atoms with van der Waals surface area (Å²) in [6, 6.07) is 7.64. The second kappa shape index (κ2) is 7.51. The molecule has 0 bridgehead atoms. The predicted octanol–water partition coefficient (Wildman–Crippen LogP) is 1.90. The van der Waals surface area contributed by atoms with E-state index in [1.54, 1.807) is 14.0 Å². The minimum Gasteiger partial charge on any atom is -0.496 e. The summed E-state index contributed by atoms with van der Waals surface area (Å²) in [5.74, 6) is 1.31. The highest BCUT2D eigenvalue weighted by atomic mass is 16.5. The first-order chi connectivity index (χ1) is 12.1. The third-order valence-electron chi connectivity index (χ3n) is 4.71. The molecule has 2 aromatic rings. The van der Waals surface area contributed by atoms with Gasteiger partial charge in [0.1, 0.15) is 11.6 Å². The molecule has 6 nitrogen and oxygen atoms in total. The van der Waals surface area contributed by atoms with Crippen LogP contribution in [0.25, 0.3) is 0 Å². The van der Waals surface area contributed by atoms with Gasteiger partial charge in [0.05, 0.1) is 12.8 Å². The van der Waals surface area contributed by atoms with E-state index in [0.717, 1.165) is 22.6 Å². The van der Waals surface area contributed by atoms with Gasteiger partial charge < -0.3 is 15.0 Å². The maximum absolute atomic E-state index is 12.6. The minimum absolute atomic E-state index is 0.0202. The highest BCUT2D eigenvalue weighted by molar-refractivity contribution is 5.78. The first-order valence-electron chi connectivity index (χ1n) is 8.56. The number of aryl methyl sites for hydroxylation is 2. The van der Waals surface area contributed by atoms with Crippen LogP contribution in [0.3, 0.4) is 0 Å². The van der Waals surface area contributed by atoms with Gasteiger partial charge >= 0.3 is 0 Å². The molecule has 25 heavy (non-hydrogen) atoms. The number of nitrogens with one attached hydrogen (secondary N) is 2. The molecule has 2 N–H and O–H groups in total. The first kappa shape index (κ1) is 17.2. The van der Waals surface area contributed by atoms with Crippen molar-refractivity contribution in [2.75, 3.05) is 7.11 Å². The lowest BCUT2D eigenvalue weighted by Gasteiger charge is -2.15. The van der Waals surface area contributed by atoms with Gasteiger partial charge in [0, 0.05) is 23.6 Å². The van der Waals surface area contributed by atoms with Crippen molar-refractivity contribution in [1.29, 1.82) is 0 Å². The Morgan fingerprint density at radius 2 is 2.08 bits per heavy atom. The summed E-state index contributed by atoms with van der Waals surface area (Å²) in [6.45, 7) is 2.22. The van der Waals surface area contributed by atoms with Crippen LogP contribution in [0.5, 0.6) is 5.75 Å².